The quantitative estimate of drug-likeness (QED) is 0.291. The predicted octanol–water partition coefficient (Wildman–Crippen LogP) is 1.44. The highest BCUT2D eigenvalue weighted by Gasteiger charge is 2.17. The summed E-state index contributed by atoms with van der Waals surface area (Å²) in [6, 6.07) is 5.29. The van der Waals surface area contributed by atoms with Crippen molar-refractivity contribution >= 4 is 11.0 Å². The van der Waals surface area contributed by atoms with E-state index in [-0.39, 0.29) is 49.3 Å². The molecule has 0 atom stereocenters. The minimum absolute atomic E-state index is 0.00438. The Morgan fingerprint density at radius 3 is 2.50 bits per heavy atom. The van der Waals surface area contributed by atoms with Crippen molar-refractivity contribution in [3.8, 4) is 11.6 Å². The third-order valence-corrected chi connectivity index (χ3v) is 5.55. The lowest BCUT2D eigenvalue weighted by molar-refractivity contribution is 0.133. The SMILES string of the molecule is O=c1[nH]c(=O)c2c([nH]1)c(=O)n(CCCCc1noc(-c3ccccn3)n1)c(=O)n2CCCCC(F)F. The van der Waals surface area contributed by atoms with Gasteiger partial charge in [-0.3, -0.25) is 28.7 Å². The molecule has 0 bridgehead atoms. The van der Waals surface area contributed by atoms with E-state index in [0.717, 1.165) is 9.13 Å². The van der Waals surface area contributed by atoms with Crippen LogP contribution < -0.4 is 22.5 Å². The third kappa shape index (κ3) is 5.53. The number of aromatic nitrogens is 7. The number of nitrogens with one attached hydrogen (secondary N) is 2. The van der Waals surface area contributed by atoms with Gasteiger partial charge in [0.25, 0.3) is 17.0 Å². The number of rotatable bonds is 11. The normalized spacial score (nSPS) is 11.5. The second kappa shape index (κ2) is 11.0. The standard InChI is InChI=1S/C22H23F2N7O5/c23-14(24)8-2-5-11-30-17-16(27-21(34)28-18(17)32)20(33)31(22(30)35)12-6-3-9-15-26-19(36-29-15)13-7-1-4-10-25-13/h1,4,7,10,14H,2-3,5-6,8-9,11-12H2,(H2,27,28,32,34). The Bertz CT molecular complexity index is 1570. The van der Waals surface area contributed by atoms with E-state index in [1.807, 2.05) is 4.98 Å². The molecule has 2 N–H and O–H groups in total. The molecule has 0 aliphatic rings. The zero-order chi connectivity index (χ0) is 25.7. The number of unbranched alkanes of at least 4 members (excludes halogenated alkanes) is 2. The Kier molecular flexibility index (Phi) is 7.61. The fourth-order valence-corrected chi connectivity index (χ4v) is 3.83. The average molecular weight is 503 g/mol. The van der Waals surface area contributed by atoms with Gasteiger partial charge in [-0.2, -0.15) is 4.98 Å². The molecule has 0 radical (unpaired) electrons. The highest BCUT2D eigenvalue weighted by Crippen LogP contribution is 2.14. The predicted molar refractivity (Wildman–Crippen MR) is 124 cm³/mol. The van der Waals surface area contributed by atoms with Gasteiger partial charge in [0.05, 0.1) is 0 Å². The number of hydrogen-bond acceptors (Lipinski definition) is 8. The average Bonchev–Trinajstić information content (AvgIpc) is 3.32. The summed E-state index contributed by atoms with van der Waals surface area (Å²) in [6.45, 7) is -0.0545. The van der Waals surface area contributed by atoms with E-state index in [1.165, 1.54) is 0 Å². The van der Waals surface area contributed by atoms with Gasteiger partial charge in [0.1, 0.15) is 16.7 Å². The van der Waals surface area contributed by atoms with Gasteiger partial charge in [0.2, 0.25) is 6.43 Å². The molecule has 190 valence electrons. The van der Waals surface area contributed by atoms with E-state index in [9.17, 15) is 28.0 Å². The minimum Gasteiger partial charge on any atom is -0.332 e. The van der Waals surface area contributed by atoms with E-state index in [4.69, 9.17) is 4.52 Å². The van der Waals surface area contributed by atoms with Gasteiger partial charge in [-0.25, -0.2) is 18.4 Å². The molecule has 0 aliphatic carbocycles. The lowest BCUT2D eigenvalue weighted by Crippen LogP contribution is -2.43. The molecular weight excluding hydrogens is 480 g/mol. The monoisotopic (exact) mass is 503 g/mol. The Morgan fingerprint density at radius 2 is 1.75 bits per heavy atom. The summed E-state index contributed by atoms with van der Waals surface area (Å²) in [5.41, 5.74) is -3.40. The first-order chi connectivity index (χ1) is 17.3. The van der Waals surface area contributed by atoms with Crippen LogP contribution in [0.4, 0.5) is 8.78 Å². The highest BCUT2D eigenvalue weighted by molar-refractivity contribution is 5.71. The summed E-state index contributed by atoms with van der Waals surface area (Å²) < 4.78 is 32.1. The molecule has 0 saturated heterocycles. The maximum atomic E-state index is 13.1. The number of fused-ring (bicyclic) bond motifs is 1. The number of aromatic amines is 2. The Morgan fingerprint density at radius 1 is 0.972 bits per heavy atom. The van der Waals surface area contributed by atoms with Crippen molar-refractivity contribution in [2.75, 3.05) is 0 Å². The molecule has 4 aromatic heterocycles. The maximum absolute atomic E-state index is 13.1. The minimum atomic E-state index is -2.48. The van der Waals surface area contributed by atoms with Gasteiger partial charge < -0.3 is 9.51 Å². The molecular formula is C22H23F2N7O5. The van der Waals surface area contributed by atoms with E-state index < -0.39 is 28.9 Å². The van der Waals surface area contributed by atoms with E-state index in [0.29, 0.717) is 30.8 Å². The Labute approximate surface area is 200 Å². The van der Waals surface area contributed by atoms with Crippen LogP contribution in [-0.4, -0.2) is 40.7 Å². The second-order valence-corrected chi connectivity index (χ2v) is 8.10. The zero-order valence-corrected chi connectivity index (χ0v) is 19.1. The van der Waals surface area contributed by atoms with Crippen LogP contribution >= 0.6 is 0 Å². The molecule has 0 aromatic carbocycles. The van der Waals surface area contributed by atoms with Crippen LogP contribution in [0, 0.1) is 0 Å². The summed E-state index contributed by atoms with van der Waals surface area (Å²) in [6.07, 6.45) is 0.385. The van der Waals surface area contributed by atoms with Crippen molar-refractivity contribution in [3.63, 3.8) is 0 Å². The Hall–Kier alpha value is -4.23. The van der Waals surface area contributed by atoms with Crippen molar-refractivity contribution < 1.29 is 13.3 Å². The number of pyridine rings is 1. The maximum Gasteiger partial charge on any atom is 0.331 e. The largest absolute Gasteiger partial charge is 0.332 e. The fraction of sp³-hybridized carbons (Fsp3) is 0.409. The van der Waals surface area contributed by atoms with Gasteiger partial charge in [0, 0.05) is 32.1 Å². The van der Waals surface area contributed by atoms with Crippen molar-refractivity contribution in [1.82, 2.24) is 34.2 Å². The molecule has 0 unspecified atom stereocenters. The van der Waals surface area contributed by atoms with Gasteiger partial charge in [0.15, 0.2) is 5.82 Å². The van der Waals surface area contributed by atoms with Crippen LogP contribution in [-0.2, 0) is 19.5 Å². The number of H-pyrrole nitrogens is 2. The summed E-state index contributed by atoms with van der Waals surface area (Å²) in [7, 11) is 0. The van der Waals surface area contributed by atoms with Gasteiger partial charge in [-0.15, -0.1) is 0 Å². The number of alkyl halides is 2. The number of aryl methyl sites for hydroxylation is 2. The second-order valence-electron chi connectivity index (χ2n) is 8.10. The van der Waals surface area contributed by atoms with Crippen LogP contribution in [0.15, 0.2) is 48.1 Å². The zero-order valence-electron chi connectivity index (χ0n) is 19.1. The van der Waals surface area contributed by atoms with Crippen LogP contribution in [0.3, 0.4) is 0 Å². The van der Waals surface area contributed by atoms with Gasteiger partial charge >= 0.3 is 11.4 Å². The van der Waals surface area contributed by atoms with Crippen LogP contribution in [0.2, 0.25) is 0 Å². The smallest absolute Gasteiger partial charge is 0.331 e. The Balaban J connectivity index is 1.52. The van der Waals surface area contributed by atoms with Gasteiger partial charge in [-0.05, 0) is 37.8 Å². The van der Waals surface area contributed by atoms with Crippen molar-refractivity contribution in [1.29, 1.82) is 0 Å². The van der Waals surface area contributed by atoms with Crippen LogP contribution in [0.1, 0.15) is 37.9 Å². The van der Waals surface area contributed by atoms with E-state index in [1.54, 1.807) is 24.4 Å². The molecule has 0 fully saturated rings. The first kappa shape index (κ1) is 24.9. The number of halogens is 2. The molecule has 14 heteroatoms. The van der Waals surface area contributed by atoms with Crippen molar-refractivity contribution in [2.45, 2.75) is 58.0 Å². The number of hydrogen-bond donors (Lipinski definition) is 2. The molecule has 12 nitrogen and oxygen atoms in total. The lowest BCUT2D eigenvalue weighted by Gasteiger charge is -2.13. The molecule has 4 rings (SSSR count). The number of nitrogens with zero attached hydrogens (tertiary/aromatic N) is 5. The van der Waals surface area contributed by atoms with Crippen molar-refractivity contribution in [3.05, 3.63) is 71.9 Å². The summed E-state index contributed by atoms with van der Waals surface area (Å²) in [4.78, 5) is 62.9. The lowest BCUT2D eigenvalue weighted by atomic mass is 10.2. The first-order valence-electron chi connectivity index (χ1n) is 11.4. The fourth-order valence-electron chi connectivity index (χ4n) is 3.83. The topological polar surface area (TPSA) is 162 Å². The van der Waals surface area contributed by atoms with Crippen molar-refractivity contribution in [2.24, 2.45) is 0 Å². The third-order valence-electron chi connectivity index (χ3n) is 5.55. The summed E-state index contributed by atoms with van der Waals surface area (Å²) in [5, 5.41) is 3.91. The molecule has 36 heavy (non-hydrogen) atoms. The molecule has 4 aromatic rings. The molecule has 0 spiro atoms. The summed E-state index contributed by atoms with van der Waals surface area (Å²) in [5.74, 6) is 0.717. The molecule has 0 aliphatic heterocycles. The first-order valence-corrected chi connectivity index (χ1v) is 11.4. The van der Waals surface area contributed by atoms with Crippen LogP contribution in [0.25, 0.3) is 22.6 Å². The van der Waals surface area contributed by atoms with Gasteiger partial charge in [-0.1, -0.05) is 11.2 Å². The highest BCUT2D eigenvalue weighted by atomic mass is 19.3. The van der Waals surface area contributed by atoms with E-state index >= 15 is 0 Å². The molecule has 4 heterocycles. The molecule has 0 saturated carbocycles. The van der Waals surface area contributed by atoms with Crippen LogP contribution in [0.5, 0.6) is 0 Å². The molecule has 0 amide bonds. The summed E-state index contributed by atoms with van der Waals surface area (Å²) >= 11 is 0. The van der Waals surface area contributed by atoms with E-state index in [2.05, 4.69) is 20.1 Å².